The average Bonchev–Trinajstić information content (AvgIpc) is 2.26. The molecule has 5 heteroatoms. The van der Waals surface area contributed by atoms with Gasteiger partial charge in [-0.1, -0.05) is 13.8 Å². The lowest BCUT2D eigenvalue weighted by Crippen LogP contribution is -2.31. The number of aryl methyl sites for hydroxylation is 1. The van der Waals surface area contributed by atoms with Crippen LogP contribution in [-0.4, -0.2) is 34.1 Å². The van der Waals surface area contributed by atoms with E-state index < -0.39 is 5.97 Å². The minimum absolute atomic E-state index is 0.156. The SMILES string of the molecule is Cc1nc(N(C)C(C)CC(C)C)ncc1C(=O)O. The lowest BCUT2D eigenvalue weighted by atomic mass is 10.0. The van der Waals surface area contributed by atoms with Crippen LogP contribution in [0.3, 0.4) is 0 Å². The van der Waals surface area contributed by atoms with Crippen LogP contribution in [0.5, 0.6) is 0 Å². The molecule has 1 atom stereocenters. The van der Waals surface area contributed by atoms with Gasteiger partial charge in [-0.3, -0.25) is 0 Å². The smallest absolute Gasteiger partial charge is 0.339 e. The molecule has 18 heavy (non-hydrogen) atoms. The molecule has 0 spiro atoms. The van der Waals surface area contributed by atoms with Crippen molar-refractivity contribution in [2.45, 2.75) is 40.2 Å². The monoisotopic (exact) mass is 251 g/mol. The number of carboxylic acid groups (broad SMARTS) is 1. The van der Waals surface area contributed by atoms with E-state index in [1.54, 1.807) is 6.92 Å². The number of carboxylic acids is 1. The summed E-state index contributed by atoms with van der Waals surface area (Å²) in [6, 6.07) is 0.320. The third kappa shape index (κ3) is 3.42. The third-order valence-electron chi connectivity index (χ3n) is 2.99. The Balaban J connectivity index is 2.90. The number of nitrogens with zero attached hydrogens (tertiary/aromatic N) is 3. The van der Waals surface area contributed by atoms with E-state index in [1.165, 1.54) is 6.20 Å². The first-order valence-electron chi connectivity index (χ1n) is 6.12. The summed E-state index contributed by atoms with van der Waals surface area (Å²) < 4.78 is 0. The highest BCUT2D eigenvalue weighted by Crippen LogP contribution is 2.16. The third-order valence-corrected chi connectivity index (χ3v) is 2.99. The maximum atomic E-state index is 10.9. The van der Waals surface area contributed by atoms with Gasteiger partial charge in [0.15, 0.2) is 0 Å². The van der Waals surface area contributed by atoms with Crippen molar-refractivity contribution in [2.24, 2.45) is 5.92 Å². The summed E-state index contributed by atoms with van der Waals surface area (Å²) in [4.78, 5) is 21.3. The maximum absolute atomic E-state index is 10.9. The fraction of sp³-hybridized carbons (Fsp3) is 0.615. The maximum Gasteiger partial charge on any atom is 0.339 e. The fourth-order valence-corrected chi connectivity index (χ4v) is 1.87. The van der Waals surface area contributed by atoms with Crippen molar-refractivity contribution in [3.8, 4) is 0 Å². The molecule has 0 fully saturated rings. The van der Waals surface area contributed by atoms with Gasteiger partial charge in [0.25, 0.3) is 0 Å². The average molecular weight is 251 g/mol. The quantitative estimate of drug-likeness (QED) is 0.870. The first-order chi connectivity index (χ1) is 8.32. The zero-order chi connectivity index (χ0) is 13.9. The van der Waals surface area contributed by atoms with Gasteiger partial charge in [0, 0.05) is 19.3 Å². The Hall–Kier alpha value is -1.65. The molecule has 1 aromatic rings. The van der Waals surface area contributed by atoms with Crippen molar-refractivity contribution in [2.75, 3.05) is 11.9 Å². The van der Waals surface area contributed by atoms with Gasteiger partial charge >= 0.3 is 5.97 Å². The van der Waals surface area contributed by atoms with Crippen LogP contribution in [0.15, 0.2) is 6.20 Å². The highest BCUT2D eigenvalue weighted by Gasteiger charge is 2.16. The lowest BCUT2D eigenvalue weighted by molar-refractivity contribution is 0.0695. The summed E-state index contributed by atoms with van der Waals surface area (Å²) in [6.45, 7) is 8.15. The Morgan fingerprint density at radius 2 is 2.06 bits per heavy atom. The predicted octanol–water partition coefficient (Wildman–Crippen LogP) is 2.35. The lowest BCUT2D eigenvalue weighted by Gasteiger charge is -2.26. The molecule has 0 saturated heterocycles. The number of aromatic carboxylic acids is 1. The van der Waals surface area contributed by atoms with Crippen molar-refractivity contribution in [1.82, 2.24) is 9.97 Å². The minimum atomic E-state index is -0.989. The van der Waals surface area contributed by atoms with Gasteiger partial charge < -0.3 is 10.0 Å². The largest absolute Gasteiger partial charge is 0.478 e. The first-order valence-corrected chi connectivity index (χ1v) is 6.12. The van der Waals surface area contributed by atoms with Gasteiger partial charge in [-0.2, -0.15) is 0 Å². The summed E-state index contributed by atoms with van der Waals surface area (Å²) >= 11 is 0. The summed E-state index contributed by atoms with van der Waals surface area (Å²) in [5, 5.41) is 8.93. The molecular formula is C13H21N3O2. The Morgan fingerprint density at radius 1 is 1.44 bits per heavy atom. The molecule has 0 saturated carbocycles. The van der Waals surface area contributed by atoms with Gasteiger partial charge in [0.05, 0.1) is 11.3 Å². The van der Waals surface area contributed by atoms with Crippen LogP contribution in [0.25, 0.3) is 0 Å². The summed E-state index contributed by atoms with van der Waals surface area (Å²) in [5.41, 5.74) is 0.653. The number of hydrogen-bond acceptors (Lipinski definition) is 4. The standard InChI is InChI=1S/C13H21N3O2/c1-8(2)6-9(3)16(5)13-14-7-11(12(17)18)10(4)15-13/h7-9H,6H2,1-5H3,(H,17,18). The molecule has 1 heterocycles. The molecule has 0 aliphatic rings. The van der Waals surface area contributed by atoms with Crippen LogP contribution in [-0.2, 0) is 0 Å². The molecule has 1 rings (SSSR count). The van der Waals surface area contributed by atoms with Gasteiger partial charge in [0.1, 0.15) is 0 Å². The van der Waals surface area contributed by atoms with E-state index in [4.69, 9.17) is 5.11 Å². The van der Waals surface area contributed by atoms with E-state index >= 15 is 0 Å². The highest BCUT2D eigenvalue weighted by molar-refractivity contribution is 5.88. The summed E-state index contributed by atoms with van der Waals surface area (Å²) in [5.74, 6) is 0.185. The van der Waals surface area contributed by atoms with Crippen LogP contribution in [0.1, 0.15) is 43.2 Å². The highest BCUT2D eigenvalue weighted by atomic mass is 16.4. The van der Waals surface area contributed by atoms with Crippen LogP contribution < -0.4 is 4.90 Å². The van der Waals surface area contributed by atoms with Crippen LogP contribution in [0.4, 0.5) is 5.95 Å². The molecule has 1 aromatic heterocycles. The number of hydrogen-bond donors (Lipinski definition) is 1. The normalized spacial score (nSPS) is 12.6. The number of anilines is 1. The van der Waals surface area contributed by atoms with Crippen molar-refractivity contribution >= 4 is 11.9 Å². The predicted molar refractivity (Wildman–Crippen MR) is 71.0 cm³/mol. The zero-order valence-corrected chi connectivity index (χ0v) is 11.6. The van der Waals surface area contributed by atoms with Crippen LogP contribution in [0, 0.1) is 12.8 Å². The Morgan fingerprint density at radius 3 is 2.50 bits per heavy atom. The topological polar surface area (TPSA) is 66.3 Å². The van der Waals surface area contributed by atoms with E-state index in [2.05, 4.69) is 30.7 Å². The van der Waals surface area contributed by atoms with Gasteiger partial charge in [0.2, 0.25) is 5.95 Å². The zero-order valence-electron chi connectivity index (χ0n) is 11.6. The summed E-state index contributed by atoms with van der Waals surface area (Å²) in [7, 11) is 1.93. The van der Waals surface area contributed by atoms with E-state index in [-0.39, 0.29) is 5.56 Å². The Kier molecular flexibility index (Phi) is 4.64. The molecule has 100 valence electrons. The molecule has 5 nitrogen and oxygen atoms in total. The molecule has 0 aliphatic carbocycles. The van der Waals surface area contributed by atoms with Crippen molar-refractivity contribution in [3.05, 3.63) is 17.5 Å². The number of rotatable bonds is 5. The molecule has 0 aromatic carbocycles. The van der Waals surface area contributed by atoms with E-state index in [9.17, 15) is 4.79 Å². The van der Waals surface area contributed by atoms with E-state index in [0.717, 1.165) is 6.42 Å². The van der Waals surface area contributed by atoms with Gasteiger partial charge in [-0.15, -0.1) is 0 Å². The second-order valence-corrected chi connectivity index (χ2v) is 5.06. The Bertz CT molecular complexity index is 432. The fourth-order valence-electron chi connectivity index (χ4n) is 1.87. The molecular weight excluding hydrogens is 230 g/mol. The van der Waals surface area contributed by atoms with E-state index in [0.29, 0.717) is 23.6 Å². The number of aromatic nitrogens is 2. The van der Waals surface area contributed by atoms with Gasteiger partial charge in [-0.25, -0.2) is 14.8 Å². The summed E-state index contributed by atoms with van der Waals surface area (Å²) in [6.07, 6.45) is 2.41. The molecule has 1 unspecified atom stereocenters. The molecule has 0 aliphatic heterocycles. The first kappa shape index (κ1) is 14.4. The number of carbonyl (C=O) groups is 1. The van der Waals surface area contributed by atoms with Crippen molar-refractivity contribution < 1.29 is 9.90 Å². The molecule has 1 N–H and O–H groups in total. The van der Waals surface area contributed by atoms with Crippen molar-refractivity contribution in [1.29, 1.82) is 0 Å². The van der Waals surface area contributed by atoms with Crippen LogP contribution >= 0.6 is 0 Å². The van der Waals surface area contributed by atoms with Gasteiger partial charge in [-0.05, 0) is 26.2 Å². The molecule has 0 amide bonds. The Labute approximate surface area is 108 Å². The second-order valence-electron chi connectivity index (χ2n) is 5.06. The second kappa shape index (κ2) is 5.80. The van der Waals surface area contributed by atoms with Crippen LogP contribution in [0.2, 0.25) is 0 Å². The minimum Gasteiger partial charge on any atom is -0.478 e. The van der Waals surface area contributed by atoms with E-state index in [1.807, 2.05) is 11.9 Å². The molecule has 0 bridgehead atoms. The van der Waals surface area contributed by atoms with Crippen molar-refractivity contribution in [3.63, 3.8) is 0 Å². The molecule has 0 radical (unpaired) electrons.